The van der Waals surface area contributed by atoms with Crippen LogP contribution in [0.2, 0.25) is 0 Å². The minimum Gasteiger partial charge on any atom is -0.487 e. The predicted octanol–water partition coefficient (Wildman–Crippen LogP) is 3.57. The fourth-order valence-corrected chi connectivity index (χ4v) is 3.89. The first-order valence-corrected chi connectivity index (χ1v) is 10.4. The van der Waals surface area contributed by atoms with Crippen molar-refractivity contribution >= 4 is 0 Å². The third-order valence-corrected chi connectivity index (χ3v) is 5.37. The molecule has 1 saturated heterocycles. The number of rotatable bonds is 7. The molecule has 8 nitrogen and oxygen atoms in total. The summed E-state index contributed by atoms with van der Waals surface area (Å²) < 4.78 is 5.94. The third kappa shape index (κ3) is 4.59. The van der Waals surface area contributed by atoms with Crippen molar-refractivity contribution in [1.82, 2.24) is 35.0 Å². The lowest BCUT2D eigenvalue weighted by Crippen LogP contribution is -2.23. The normalized spacial score (nSPS) is 16.5. The Morgan fingerprint density at radius 1 is 1.06 bits per heavy atom. The maximum absolute atomic E-state index is 5.94. The number of hydrogen-bond donors (Lipinski definition) is 1. The summed E-state index contributed by atoms with van der Waals surface area (Å²) in [7, 11) is 0. The van der Waals surface area contributed by atoms with Gasteiger partial charge in [-0.1, -0.05) is 18.2 Å². The third-order valence-electron chi connectivity index (χ3n) is 5.37. The van der Waals surface area contributed by atoms with Crippen LogP contribution >= 0.6 is 0 Å². The van der Waals surface area contributed by atoms with Crippen molar-refractivity contribution in [2.24, 2.45) is 0 Å². The van der Waals surface area contributed by atoms with E-state index >= 15 is 0 Å². The summed E-state index contributed by atoms with van der Waals surface area (Å²) >= 11 is 0. The smallest absolute Gasteiger partial charge is 0.201 e. The molecule has 156 valence electrons. The Morgan fingerprint density at radius 2 is 2.06 bits per heavy atom. The van der Waals surface area contributed by atoms with Crippen LogP contribution in [0, 0.1) is 0 Å². The summed E-state index contributed by atoms with van der Waals surface area (Å²) in [5, 5.41) is 7.46. The van der Waals surface area contributed by atoms with Crippen molar-refractivity contribution in [1.29, 1.82) is 0 Å². The van der Waals surface area contributed by atoms with E-state index in [9.17, 15) is 0 Å². The SMILES string of the molecule is c1ccc(COc2cccc(CN3CCCC3c3nc(-c4cnccn4)n[nH]3)c2)nc1. The van der Waals surface area contributed by atoms with Gasteiger partial charge < -0.3 is 4.74 Å². The maximum atomic E-state index is 5.94. The average Bonchev–Trinajstić information content (AvgIpc) is 3.49. The van der Waals surface area contributed by atoms with Crippen molar-refractivity contribution in [3.63, 3.8) is 0 Å². The number of aromatic amines is 1. The highest BCUT2D eigenvalue weighted by atomic mass is 16.5. The van der Waals surface area contributed by atoms with E-state index in [0.29, 0.717) is 18.1 Å². The van der Waals surface area contributed by atoms with Crippen LogP contribution in [0.1, 0.15) is 36.0 Å². The van der Waals surface area contributed by atoms with E-state index in [1.807, 2.05) is 30.3 Å². The largest absolute Gasteiger partial charge is 0.487 e. The van der Waals surface area contributed by atoms with Crippen LogP contribution in [0.25, 0.3) is 11.5 Å². The summed E-state index contributed by atoms with van der Waals surface area (Å²) in [6.07, 6.45) is 8.92. The molecule has 0 radical (unpaired) electrons. The highest BCUT2D eigenvalue weighted by molar-refractivity contribution is 5.46. The zero-order valence-corrected chi connectivity index (χ0v) is 17.1. The molecule has 0 spiro atoms. The lowest BCUT2D eigenvalue weighted by molar-refractivity contribution is 0.239. The minimum absolute atomic E-state index is 0.205. The summed E-state index contributed by atoms with van der Waals surface area (Å²) in [4.78, 5) is 19.8. The topological polar surface area (TPSA) is 92.7 Å². The lowest BCUT2D eigenvalue weighted by atomic mass is 10.1. The minimum atomic E-state index is 0.205. The molecule has 8 heteroatoms. The molecule has 1 aromatic carbocycles. The molecule has 0 bridgehead atoms. The van der Waals surface area contributed by atoms with E-state index in [1.54, 1.807) is 24.8 Å². The van der Waals surface area contributed by atoms with E-state index < -0.39 is 0 Å². The number of nitrogens with one attached hydrogen (secondary N) is 1. The van der Waals surface area contributed by atoms with Crippen molar-refractivity contribution in [2.75, 3.05) is 6.54 Å². The number of aromatic nitrogens is 6. The Hall–Kier alpha value is -3.65. The van der Waals surface area contributed by atoms with E-state index in [0.717, 1.165) is 43.2 Å². The first-order valence-electron chi connectivity index (χ1n) is 10.4. The van der Waals surface area contributed by atoms with Crippen molar-refractivity contribution in [2.45, 2.75) is 32.0 Å². The summed E-state index contributed by atoms with van der Waals surface area (Å²) in [5.74, 6) is 2.31. The molecule has 0 aliphatic carbocycles. The second-order valence-electron chi connectivity index (χ2n) is 7.52. The van der Waals surface area contributed by atoms with E-state index in [2.05, 4.69) is 42.2 Å². The molecule has 4 heterocycles. The molecule has 1 atom stereocenters. The molecule has 1 fully saturated rings. The molecular formula is C23H23N7O. The van der Waals surface area contributed by atoms with Gasteiger partial charge in [-0.2, -0.15) is 5.10 Å². The van der Waals surface area contributed by atoms with Gasteiger partial charge in [-0.15, -0.1) is 0 Å². The van der Waals surface area contributed by atoms with Crippen molar-refractivity contribution < 1.29 is 4.74 Å². The number of nitrogens with zero attached hydrogens (tertiary/aromatic N) is 6. The van der Waals surface area contributed by atoms with Crippen molar-refractivity contribution in [3.05, 3.63) is 84.3 Å². The Morgan fingerprint density at radius 3 is 2.94 bits per heavy atom. The standard InChI is InChI=1S/C23H23N7O/c1-2-9-25-18(6-1)16-31-19-7-3-5-17(13-19)15-30-12-4-8-21(30)23-27-22(28-29-23)20-14-24-10-11-26-20/h1-3,5-7,9-11,13-14,21H,4,8,12,15-16H2,(H,27,28,29). The summed E-state index contributed by atoms with van der Waals surface area (Å²) in [6.45, 7) is 2.30. The summed E-state index contributed by atoms with van der Waals surface area (Å²) in [6, 6.07) is 14.3. The molecule has 31 heavy (non-hydrogen) atoms. The van der Waals surface area contributed by atoms with Gasteiger partial charge in [0.2, 0.25) is 5.82 Å². The lowest BCUT2D eigenvalue weighted by Gasteiger charge is -2.22. The zero-order chi connectivity index (χ0) is 20.9. The molecule has 4 aromatic rings. The first kappa shape index (κ1) is 19.3. The quantitative estimate of drug-likeness (QED) is 0.495. The van der Waals surface area contributed by atoms with Crippen molar-refractivity contribution in [3.8, 4) is 17.3 Å². The number of likely N-dealkylation sites (tertiary alicyclic amines) is 1. The van der Waals surface area contributed by atoms with Gasteiger partial charge in [-0.05, 0) is 49.2 Å². The number of ether oxygens (including phenoxy) is 1. The maximum Gasteiger partial charge on any atom is 0.201 e. The molecule has 0 amide bonds. The van der Waals surface area contributed by atoms with Gasteiger partial charge in [-0.25, -0.2) is 9.97 Å². The molecule has 3 aromatic heterocycles. The van der Waals surface area contributed by atoms with Crippen LogP contribution in [0.4, 0.5) is 0 Å². The molecule has 1 aliphatic rings. The second kappa shape index (κ2) is 9.01. The van der Waals surface area contributed by atoms with Crippen LogP contribution in [0.15, 0.2) is 67.3 Å². The highest BCUT2D eigenvalue weighted by Crippen LogP contribution is 2.32. The Balaban J connectivity index is 1.26. The fourth-order valence-electron chi connectivity index (χ4n) is 3.89. The predicted molar refractivity (Wildman–Crippen MR) is 115 cm³/mol. The van der Waals surface area contributed by atoms with Gasteiger partial charge in [0.25, 0.3) is 0 Å². The molecule has 1 N–H and O–H groups in total. The van der Waals surface area contributed by atoms with Gasteiger partial charge in [-0.3, -0.25) is 20.0 Å². The van der Waals surface area contributed by atoms with Gasteiger partial charge in [0, 0.05) is 25.1 Å². The van der Waals surface area contributed by atoms with Gasteiger partial charge in [0.1, 0.15) is 23.9 Å². The monoisotopic (exact) mass is 413 g/mol. The van der Waals surface area contributed by atoms with E-state index in [1.165, 1.54) is 5.56 Å². The average molecular weight is 413 g/mol. The van der Waals surface area contributed by atoms with Crippen LogP contribution in [-0.4, -0.2) is 41.6 Å². The molecule has 5 rings (SSSR count). The summed E-state index contributed by atoms with van der Waals surface area (Å²) in [5.41, 5.74) is 2.79. The fraction of sp³-hybridized carbons (Fsp3) is 0.261. The van der Waals surface area contributed by atoms with Crippen LogP contribution in [-0.2, 0) is 13.2 Å². The Bertz CT molecular complexity index is 1120. The molecule has 0 saturated carbocycles. The van der Waals surface area contributed by atoms with E-state index in [4.69, 9.17) is 9.72 Å². The molecule has 1 aliphatic heterocycles. The number of H-pyrrole nitrogens is 1. The Kier molecular flexibility index (Phi) is 5.62. The van der Waals surface area contributed by atoms with Gasteiger partial charge >= 0.3 is 0 Å². The zero-order valence-electron chi connectivity index (χ0n) is 17.1. The Labute approximate surface area is 180 Å². The van der Waals surface area contributed by atoms with Gasteiger partial charge in [0.05, 0.1) is 17.9 Å². The first-order chi connectivity index (χ1) is 15.3. The number of benzene rings is 1. The van der Waals surface area contributed by atoms with Crippen LogP contribution in [0.3, 0.4) is 0 Å². The number of pyridine rings is 1. The number of hydrogen-bond acceptors (Lipinski definition) is 7. The molecular weight excluding hydrogens is 390 g/mol. The molecule has 1 unspecified atom stereocenters. The second-order valence-corrected chi connectivity index (χ2v) is 7.52. The van der Waals surface area contributed by atoms with Gasteiger partial charge in [0.15, 0.2) is 0 Å². The van der Waals surface area contributed by atoms with Crippen LogP contribution < -0.4 is 4.74 Å². The van der Waals surface area contributed by atoms with E-state index in [-0.39, 0.29) is 6.04 Å². The van der Waals surface area contributed by atoms with Crippen LogP contribution in [0.5, 0.6) is 5.75 Å². The highest BCUT2D eigenvalue weighted by Gasteiger charge is 2.29.